The Labute approximate surface area is 167 Å². The lowest BCUT2D eigenvalue weighted by Crippen LogP contribution is -2.20. The number of benzene rings is 2. The van der Waals surface area contributed by atoms with Crippen molar-refractivity contribution < 1.29 is 27.2 Å². The lowest BCUT2D eigenvalue weighted by Gasteiger charge is -2.10. The maximum Gasteiger partial charge on any atom is 0.338 e. The third kappa shape index (κ3) is 4.44. The number of rotatable bonds is 7. The summed E-state index contributed by atoms with van der Waals surface area (Å²) in [6.45, 7) is 1.67. The van der Waals surface area contributed by atoms with Crippen molar-refractivity contribution in [3.05, 3.63) is 59.5 Å². The molecule has 29 heavy (non-hydrogen) atoms. The number of hydrogen-bond acceptors (Lipinski definition) is 8. The van der Waals surface area contributed by atoms with E-state index in [0.717, 1.165) is 11.1 Å². The number of esters is 1. The van der Waals surface area contributed by atoms with Gasteiger partial charge in [0.25, 0.3) is 5.89 Å². The van der Waals surface area contributed by atoms with E-state index in [-0.39, 0.29) is 28.7 Å². The Kier molecular flexibility index (Phi) is 5.95. The molecule has 0 aliphatic rings. The number of sulfonamides is 1. The predicted molar refractivity (Wildman–Crippen MR) is 103 cm³/mol. The summed E-state index contributed by atoms with van der Waals surface area (Å²) in [6.07, 6.45) is 0. The van der Waals surface area contributed by atoms with Crippen molar-refractivity contribution in [3.63, 3.8) is 0 Å². The number of carbonyl (C=O) groups is 1. The molecular formula is C19H19N3O6S. The second-order valence-corrected chi connectivity index (χ2v) is 7.83. The van der Waals surface area contributed by atoms with E-state index >= 15 is 0 Å². The average Bonchev–Trinajstić information content (AvgIpc) is 3.20. The predicted octanol–water partition coefficient (Wildman–Crippen LogP) is 2.32. The van der Waals surface area contributed by atoms with E-state index in [1.165, 1.54) is 32.4 Å². The van der Waals surface area contributed by atoms with E-state index in [1.54, 1.807) is 0 Å². The molecule has 0 bridgehead atoms. The second-order valence-electron chi connectivity index (χ2n) is 5.98. The van der Waals surface area contributed by atoms with Gasteiger partial charge in [-0.2, -0.15) is 4.98 Å². The van der Waals surface area contributed by atoms with E-state index in [0.29, 0.717) is 5.82 Å². The van der Waals surface area contributed by atoms with E-state index in [9.17, 15) is 13.2 Å². The van der Waals surface area contributed by atoms with Crippen LogP contribution in [0, 0.1) is 6.92 Å². The van der Waals surface area contributed by atoms with Gasteiger partial charge in [0.1, 0.15) is 10.6 Å². The summed E-state index contributed by atoms with van der Waals surface area (Å²) >= 11 is 0. The molecule has 0 amide bonds. The number of carbonyl (C=O) groups excluding carboxylic acids is 1. The van der Waals surface area contributed by atoms with Crippen molar-refractivity contribution >= 4 is 16.0 Å². The first-order valence-corrected chi connectivity index (χ1v) is 10.0. The Balaban J connectivity index is 1.75. The monoisotopic (exact) mass is 417 g/mol. The number of methoxy groups -OCH3 is 1. The fourth-order valence-corrected chi connectivity index (χ4v) is 3.50. The first-order valence-electron chi connectivity index (χ1n) is 8.53. The lowest BCUT2D eigenvalue weighted by atomic mass is 10.1. The van der Waals surface area contributed by atoms with E-state index in [1.807, 2.05) is 31.2 Å². The quantitative estimate of drug-likeness (QED) is 0.582. The molecule has 152 valence electrons. The Bertz CT molecular complexity index is 1140. The molecular weight excluding hydrogens is 398 g/mol. The fraction of sp³-hybridized carbons (Fsp3) is 0.211. The standard InChI is InChI=1S/C19H19N3O6S/c1-12-6-4-5-7-14(12)18-21-17(28-22-18)11-27-19(23)13-8-9-15(26-3)16(10-13)29(24,25)20-2/h4-10,20H,11H2,1-3H3. The molecule has 0 radical (unpaired) electrons. The topological polar surface area (TPSA) is 121 Å². The summed E-state index contributed by atoms with van der Waals surface area (Å²) in [7, 11) is -1.22. The van der Waals surface area contributed by atoms with Gasteiger partial charge in [-0.15, -0.1) is 0 Å². The Morgan fingerprint density at radius 3 is 2.66 bits per heavy atom. The van der Waals surface area contributed by atoms with Gasteiger partial charge in [0.2, 0.25) is 15.8 Å². The third-order valence-corrected chi connectivity index (χ3v) is 5.57. The molecule has 0 fully saturated rings. The van der Waals surface area contributed by atoms with Crippen molar-refractivity contribution in [1.29, 1.82) is 0 Å². The molecule has 1 aromatic heterocycles. The van der Waals surface area contributed by atoms with Crippen LogP contribution in [-0.2, 0) is 21.4 Å². The zero-order valence-electron chi connectivity index (χ0n) is 16.0. The number of aryl methyl sites for hydroxylation is 1. The molecule has 0 saturated heterocycles. The summed E-state index contributed by atoms with van der Waals surface area (Å²) < 4.78 is 41.8. The van der Waals surface area contributed by atoms with Crippen LogP contribution in [0.1, 0.15) is 21.8 Å². The zero-order chi connectivity index (χ0) is 21.0. The van der Waals surface area contributed by atoms with Crippen molar-refractivity contribution in [2.75, 3.05) is 14.2 Å². The van der Waals surface area contributed by atoms with Crippen LogP contribution in [0.2, 0.25) is 0 Å². The highest BCUT2D eigenvalue weighted by Crippen LogP contribution is 2.25. The van der Waals surface area contributed by atoms with Gasteiger partial charge < -0.3 is 14.0 Å². The normalized spacial score (nSPS) is 11.3. The third-order valence-electron chi connectivity index (χ3n) is 4.14. The highest BCUT2D eigenvalue weighted by Gasteiger charge is 2.21. The van der Waals surface area contributed by atoms with Crippen molar-refractivity contribution in [3.8, 4) is 17.1 Å². The van der Waals surface area contributed by atoms with Gasteiger partial charge in [0.15, 0.2) is 6.61 Å². The fourth-order valence-electron chi connectivity index (χ4n) is 2.58. The van der Waals surface area contributed by atoms with Crippen molar-refractivity contribution in [1.82, 2.24) is 14.9 Å². The van der Waals surface area contributed by atoms with Crippen LogP contribution in [0.4, 0.5) is 0 Å². The Morgan fingerprint density at radius 2 is 1.97 bits per heavy atom. The van der Waals surface area contributed by atoms with Gasteiger partial charge in [0.05, 0.1) is 12.7 Å². The van der Waals surface area contributed by atoms with Gasteiger partial charge in [-0.3, -0.25) is 0 Å². The molecule has 0 unspecified atom stereocenters. The molecule has 0 saturated carbocycles. The average molecular weight is 417 g/mol. The van der Waals surface area contributed by atoms with Crippen LogP contribution in [-0.4, -0.2) is 38.7 Å². The smallest absolute Gasteiger partial charge is 0.338 e. The number of nitrogens with one attached hydrogen (secondary N) is 1. The van der Waals surface area contributed by atoms with Gasteiger partial charge in [-0.25, -0.2) is 17.9 Å². The molecule has 1 heterocycles. The summed E-state index contributed by atoms with van der Waals surface area (Å²) in [5.41, 5.74) is 1.83. The second kappa shape index (κ2) is 8.41. The summed E-state index contributed by atoms with van der Waals surface area (Å²) in [6, 6.07) is 11.5. The van der Waals surface area contributed by atoms with Crippen LogP contribution in [0.15, 0.2) is 51.9 Å². The molecule has 9 nitrogen and oxygen atoms in total. The highest BCUT2D eigenvalue weighted by atomic mass is 32.2. The highest BCUT2D eigenvalue weighted by molar-refractivity contribution is 7.89. The molecule has 1 N–H and O–H groups in total. The lowest BCUT2D eigenvalue weighted by molar-refractivity contribution is 0.0429. The SMILES string of the molecule is CNS(=O)(=O)c1cc(C(=O)OCc2nc(-c3ccccc3C)no2)ccc1OC. The molecule has 3 rings (SSSR count). The molecule has 0 aliphatic heterocycles. The van der Waals surface area contributed by atoms with Crippen LogP contribution in [0.25, 0.3) is 11.4 Å². The van der Waals surface area contributed by atoms with Crippen molar-refractivity contribution in [2.45, 2.75) is 18.4 Å². The first kappa shape index (κ1) is 20.5. The van der Waals surface area contributed by atoms with Crippen LogP contribution in [0.3, 0.4) is 0 Å². The summed E-state index contributed by atoms with van der Waals surface area (Å²) in [5.74, 6) is -0.124. The van der Waals surface area contributed by atoms with Crippen molar-refractivity contribution in [2.24, 2.45) is 0 Å². The number of aromatic nitrogens is 2. The van der Waals surface area contributed by atoms with Gasteiger partial charge >= 0.3 is 5.97 Å². The summed E-state index contributed by atoms with van der Waals surface area (Å²) in [4.78, 5) is 16.4. The molecule has 10 heteroatoms. The maximum absolute atomic E-state index is 12.3. The minimum absolute atomic E-state index is 0.0401. The minimum Gasteiger partial charge on any atom is -0.495 e. The summed E-state index contributed by atoms with van der Waals surface area (Å²) in [5, 5.41) is 3.90. The zero-order valence-corrected chi connectivity index (χ0v) is 16.8. The molecule has 3 aromatic rings. The van der Waals surface area contributed by atoms with Crippen LogP contribution >= 0.6 is 0 Å². The van der Waals surface area contributed by atoms with E-state index < -0.39 is 16.0 Å². The Morgan fingerprint density at radius 1 is 1.21 bits per heavy atom. The van der Waals surface area contributed by atoms with Gasteiger partial charge in [0, 0.05) is 5.56 Å². The van der Waals surface area contributed by atoms with Crippen LogP contribution < -0.4 is 9.46 Å². The number of ether oxygens (including phenoxy) is 2. The van der Waals surface area contributed by atoms with Gasteiger partial charge in [-0.05, 0) is 37.7 Å². The van der Waals surface area contributed by atoms with Gasteiger partial charge in [-0.1, -0.05) is 29.4 Å². The minimum atomic E-state index is -3.82. The van der Waals surface area contributed by atoms with E-state index in [4.69, 9.17) is 14.0 Å². The molecule has 0 spiro atoms. The molecule has 2 aromatic carbocycles. The molecule has 0 aliphatic carbocycles. The van der Waals surface area contributed by atoms with Crippen LogP contribution in [0.5, 0.6) is 5.75 Å². The molecule has 0 atom stereocenters. The van der Waals surface area contributed by atoms with E-state index in [2.05, 4.69) is 14.9 Å². The maximum atomic E-state index is 12.3. The number of nitrogens with zero attached hydrogens (tertiary/aromatic N) is 2. The number of hydrogen-bond donors (Lipinski definition) is 1. The largest absolute Gasteiger partial charge is 0.495 e. The first-order chi connectivity index (χ1) is 13.9. The Hall–Kier alpha value is -3.24.